The van der Waals surface area contributed by atoms with Gasteiger partial charge in [-0.25, -0.2) is 4.98 Å². The first kappa shape index (κ1) is 9.66. The molecule has 1 aliphatic carbocycles. The highest BCUT2D eigenvalue weighted by molar-refractivity contribution is 7.71. The van der Waals surface area contributed by atoms with Gasteiger partial charge in [-0.3, -0.25) is 4.98 Å². The van der Waals surface area contributed by atoms with Crippen molar-refractivity contribution in [2.45, 2.75) is 18.8 Å². The molecule has 1 N–H and O–H groups in total. The fraction of sp³-hybridized carbons (Fsp3) is 0.250. The van der Waals surface area contributed by atoms with Gasteiger partial charge < -0.3 is 4.98 Å². The number of aromatic nitrogens is 3. The summed E-state index contributed by atoms with van der Waals surface area (Å²) in [4.78, 5) is 11.8. The lowest BCUT2D eigenvalue weighted by Crippen LogP contribution is -1.94. The number of H-pyrrole nitrogens is 1. The predicted octanol–water partition coefficient (Wildman–Crippen LogP) is 3.08. The molecule has 3 nitrogen and oxygen atoms in total. The molecule has 80 valence electrons. The van der Waals surface area contributed by atoms with E-state index < -0.39 is 0 Å². The first-order valence-electron chi connectivity index (χ1n) is 5.34. The maximum atomic E-state index is 5.18. The molecule has 1 saturated carbocycles. The fourth-order valence-corrected chi connectivity index (χ4v) is 1.95. The summed E-state index contributed by atoms with van der Waals surface area (Å²) in [5.74, 6) is 1.47. The minimum absolute atomic E-state index is 0.652. The van der Waals surface area contributed by atoms with Crippen molar-refractivity contribution < 1.29 is 0 Å². The van der Waals surface area contributed by atoms with Crippen molar-refractivity contribution in [3.8, 4) is 11.4 Å². The lowest BCUT2D eigenvalue weighted by Gasteiger charge is -2.04. The van der Waals surface area contributed by atoms with Crippen LogP contribution in [0.25, 0.3) is 11.4 Å². The molecule has 2 aromatic rings. The summed E-state index contributed by atoms with van der Waals surface area (Å²) in [6, 6.07) is 5.85. The highest BCUT2D eigenvalue weighted by Crippen LogP contribution is 2.39. The van der Waals surface area contributed by atoms with Crippen LogP contribution in [0.3, 0.4) is 0 Å². The molecule has 0 saturated heterocycles. The van der Waals surface area contributed by atoms with Crippen molar-refractivity contribution in [2.24, 2.45) is 0 Å². The zero-order valence-corrected chi connectivity index (χ0v) is 9.50. The Morgan fingerprint density at radius 3 is 2.94 bits per heavy atom. The standard InChI is InChI=1S/C12H11N3S/c16-11-6-10(8-3-4-8)14-12(15-11)9-2-1-5-13-7-9/h1-2,5-8H,3-4H2,(H,14,15,16). The molecule has 2 aromatic heterocycles. The number of hydrogen-bond acceptors (Lipinski definition) is 3. The van der Waals surface area contributed by atoms with Crippen LogP contribution in [0, 0.1) is 4.64 Å². The van der Waals surface area contributed by atoms with Crippen molar-refractivity contribution in [2.75, 3.05) is 0 Å². The van der Waals surface area contributed by atoms with Gasteiger partial charge in [0.15, 0.2) is 0 Å². The van der Waals surface area contributed by atoms with Gasteiger partial charge in [0.25, 0.3) is 0 Å². The quantitative estimate of drug-likeness (QED) is 0.805. The van der Waals surface area contributed by atoms with Crippen LogP contribution in [0.1, 0.15) is 24.5 Å². The summed E-state index contributed by atoms with van der Waals surface area (Å²) in [5, 5.41) is 0. The molecule has 4 heteroatoms. The van der Waals surface area contributed by atoms with Crippen LogP contribution in [0.15, 0.2) is 30.6 Å². The molecule has 0 radical (unpaired) electrons. The van der Waals surface area contributed by atoms with E-state index in [0.717, 1.165) is 11.4 Å². The van der Waals surface area contributed by atoms with E-state index in [1.165, 1.54) is 18.5 Å². The van der Waals surface area contributed by atoms with Gasteiger partial charge in [0, 0.05) is 23.7 Å². The molecule has 0 amide bonds. The molecular weight excluding hydrogens is 218 g/mol. The second kappa shape index (κ2) is 3.79. The van der Waals surface area contributed by atoms with Crippen LogP contribution >= 0.6 is 12.2 Å². The van der Waals surface area contributed by atoms with Crippen LogP contribution in [0.2, 0.25) is 0 Å². The smallest absolute Gasteiger partial charge is 0.140 e. The SMILES string of the molecule is S=c1cc(C2CC2)[nH]c(-c2cccnc2)n1. The van der Waals surface area contributed by atoms with Crippen LogP contribution in [0.5, 0.6) is 0 Å². The van der Waals surface area contributed by atoms with E-state index in [-0.39, 0.29) is 0 Å². The van der Waals surface area contributed by atoms with Crippen LogP contribution in [-0.2, 0) is 0 Å². The van der Waals surface area contributed by atoms with Gasteiger partial charge in [-0.05, 0) is 37.0 Å². The van der Waals surface area contributed by atoms with Gasteiger partial charge in [0.1, 0.15) is 10.5 Å². The number of aromatic amines is 1. The zero-order valence-electron chi connectivity index (χ0n) is 8.68. The number of nitrogens with one attached hydrogen (secondary N) is 1. The maximum Gasteiger partial charge on any atom is 0.140 e. The fourth-order valence-electron chi connectivity index (χ4n) is 1.73. The van der Waals surface area contributed by atoms with Gasteiger partial charge in [0.05, 0.1) is 0 Å². The predicted molar refractivity (Wildman–Crippen MR) is 64.6 cm³/mol. The Kier molecular flexibility index (Phi) is 2.29. The zero-order chi connectivity index (χ0) is 11.0. The van der Waals surface area contributed by atoms with E-state index in [1.54, 1.807) is 12.4 Å². The summed E-state index contributed by atoms with van der Waals surface area (Å²) >= 11 is 5.18. The largest absolute Gasteiger partial charge is 0.343 e. The Hall–Kier alpha value is -1.55. The number of hydrogen-bond donors (Lipinski definition) is 1. The van der Waals surface area contributed by atoms with Crippen molar-refractivity contribution in [3.63, 3.8) is 0 Å². The number of nitrogens with zero attached hydrogens (tertiary/aromatic N) is 2. The van der Waals surface area contributed by atoms with Gasteiger partial charge in [0.2, 0.25) is 0 Å². The van der Waals surface area contributed by atoms with Crippen molar-refractivity contribution >= 4 is 12.2 Å². The topological polar surface area (TPSA) is 41.6 Å². The van der Waals surface area contributed by atoms with Crippen molar-refractivity contribution in [1.82, 2.24) is 15.0 Å². The van der Waals surface area contributed by atoms with Gasteiger partial charge in [-0.2, -0.15) is 0 Å². The van der Waals surface area contributed by atoms with Gasteiger partial charge in [-0.15, -0.1) is 0 Å². The lowest BCUT2D eigenvalue weighted by molar-refractivity contribution is 0.987. The molecular formula is C12H11N3S. The van der Waals surface area contributed by atoms with E-state index in [9.17, 15) is 0 Å². The van der Waals surface area contributed by atoms with Crippen molar-refractivity contribution in [1.29, 1.82) is 0 Å². The molecule has 0 spiro atoms. The summed E-state index contributed by atoms with van der Waals surface area (Å²) in [5.41, 5.74) is 2.19. The van der Waals surface area contributed by atoms with Crippen molar-refractivity contribution in [3.05, 3.63) is 40.9 Å². The first-order chi connectivity index (χ1) is 7.83. The summed E-state index contributed by atoms with van der Waals surface area (Å²) in [7, 11) is 0. The molecule has 0 aliphatic heterocycles. The average Bonchev–Trinajstić information content (AvgIpc) is 3.13. The lowest BCUT2D eigenvalue weighted by atomic mass is 10.2. The second-order valence-corrected chi connectivity index (χ2v) is 4.46. The summed E-state index contributed by atoms with van der Waals surface area (Å²) in [6.45, 7) is 0. The highest BCUT2D eigenvalue weighted by atomic mass is 32.1. The van der Waals surface area contributed by atoms with Crippen LogP contribution in [0.4, 0.5) is 0 Å². The second-order valence-electron chi connectivity index (χ2n) is 4.04. The van der Waals surface area contributed by atoms with E-state index in [1.807, 2.05) is 18.2 Å². The molecule has 16 heavy (non-hydrogen) atoms. The molecule has 0 atom stereocenters. The van der Waals surface area contributed by atoms with Gasteiger partial charge in [-0.1, -0.05) is 12.2 Å². The molecule has 0 unspecified atom stereocenters. The molecule has 1 fully saturated rings. The molecule has 0 aromatic carbocycles. The third-order valence-corrected chi connectivity index (χ3v) is 2.93. The molecule has 0 bridgehead atoms. The highest BCUT2D eigenvalue weighted by Gasteiger charge is 2.24. The third-order valence-electron chi connectivity index (χ3n) is 2.72. The Morgan fingerprint density at radius 1 is 1.38 bits per heavy atom. The van der Waals surface area contributed by atoms with E-state index in [4.69, 9.17) is 12.2 Å². The van der Waals surface area contributed by atoms with E-state index in [0.29, 0.717) is 10.6 Å². The maximum absolute atomic E-state index is 5.18. The number of rotatable bonds is 2. The summed E-state index contributed by atoms with van der Waals surface area (Å²) in [6.07, 6.45) is 6.05. The summed E-state index contributed by atoms with van der Waals surface area (Å²) < 4.78 is 0.652. The van der Waals surface area contributed by atoms with Crippen LogP contribution < -0.4 is 0 Å². The van der Waals surface area contributed by atoms with E-state index in [2.05, 4.69) is 15.0 Å². The Balaban J connectivity index is 2.10. The Labute approximate surface area is 98.6 Å². The minimum atomic E-state index is 0.652. The minimum Gasteiger partial charge on any atom is -0.343 e. The Bertz CT molecular complexity index is 558. The first-order valence-corrected chi connectivity index (χ1v) is 5.75. The molecule has 2 heterocycles. The number of pyridine rings is 1. The Morgan fingerprint density at radius 2 is 2.25 bits per heavy atom. The van der Waals surface area contributed by atoms with Gasteiger partial charge >= 0.3 is 0 Å². The van der Waals surface area contributed by atoms with Crippen LogP contribution in [-0.4, -0.2) is 15.0 Å². The van der Waals surface area contributed by atoms with E-state index >= 15 is 0 Å². The molecule has 1 aliphatic rings. The third kappa shape index (κ3) is 1.88. The molecule has 3 rings (SSSR count). The average molecular weight is 229 g/mol. The normalized spacial score (nSPS) is 15.0. The monoisotopic (exact) mass is 229 g/mol.